The molecule has 204 valence electrons. The maximum Gasteiger partial charge on any atom is 0.340 e. The van der Waals surface area contributed by atoms with Crippen LogP contribution in [0.1, 0.15) is 51.4 Å². The van der Waals surface area contributed by atoms with Crippen molar-refractivity contribution in [3.05, 3.63) is 53.1 Å². The molecule has 1 aromatic rings. The molecule has 0 saturated heterocycles. The number of carbonyl (C=O) groups excluding carboxylic acids is 3. The minimum Gasteiger partial charge on any atom is -0.454 e. The van der Waals surface area contributed by atoms with E-state index >= 15 is 0 Å². The van der Waals surface area contributed by atoms with Crippen LogP contribution in [0.15, 0.2) is 47.6 Å². The second-order valence-corrected chi connectivity index (χ2v) is 11.9. The van der Waals surface area contributed by atoms with E-state index in [0.29, 0.717) is 28.8 Å². The first kappa shape index (κ1) is 26.6. The lowest BCUT2D eigenvalue weighted by Crippen LogP contribution is -2.63. The highest BCUT2D eigenvalue weighted by Crippen LogP contribution is 2.77. The van der Waals surface area contributed by atoms with Gasteiger partial charge in [-0.1, -0.05) is 45.1 Å². The van der Waals surface area contributed by atoms with Gasteiger partial charge >= 0.3 is 11.9 Å². The lowest BCUT2D eigenvalue weighted by Gasteiger charge is -2.52. The second-order valence-electron chi connectivity index (χ2n) is 11.9. The zero-order chi connectivity index (χ0) is 27.8. The molecule has 1 aromatic carbocycles. The minimum atomic E-state index is -1.48. The number of carbonyl (C=O) groups is 3. The highest BCUT2D eigenvalue weighted by molar-refractivity contribution is 6.00. The largest absolute Gasteiger partial charge is 0.454 e. The third-order valence-electron chi connectivity index (χ3n) is 9.85. The Bertz CT molecular complexity index is 1260. The van der Waals surface area contributed by atoms with E-state index in [0.717, 1.165) is 0 Å². The number of Topliss-reactive ketones (excluding diaryl/α,β-unsaturated/α-hetero) is 1. The number of rotatable bonds is 5. The topological polar surface area (TPSA) is 122 Å². The summed E-state index contributed by atoms with van der Waals surface area (Å²) in [6.45, 7) is 8.58. The van der Waals surface area contributed by atoms with Crippen molar-refractivity contribution in [1.29, 1.82) is 0 Å². The zero-order valence-electron chi connectivity index (χ0n) is 22.8. The van der Waals surface area contributed by atoms with Crippen LogP contribution in [-0.2, 0) is 19.1 Å². The third-order valence-corrected chi connectivity index (χ3v) is 9.85. The Morgan fingerprint density at radius 2 is 1.84 bits per heavy atom. The van der Waals surface area contributed by atoms with Crippen LogP contribution in [-0.4, -0.2) is 58.9 Å². The minimum absolute atomic E-state index is 0.0426. The van der Waals surface area contributed by atoms with E-state index in [4.69, 9.17) is 9.47 Å². The van der Waals surface area contributed by atoms with Crippen LogP contribution >= 0.6 is 0 Å². The number of esters is 2. The summed E-state index contributed by atoms with van der Waals surface area (Å²) in [7, 11) is 1.71. The molecule has 0 radical (unpaired) electrons. The van der Waals surface area contributed by atoms with Gasteiger partial charge in [0.2, 0.25) is 0 Å². The molecule has 8 atom stereocenters. The zero-order valence-corrected chi connectivity index (χ0v) is 22.8. The van der Waals surface area contributed by atoms with Gasteiger partial charge in [-0.05, 0) is 36.6 Å². The van der Waals surface area contributed by atoms with E-state index < -0.39 is 64.2 Å². The first-order valence-corrected chi connectivity index (χ1v) is 13.3. The Morgan fingerprint density at radius 1 is 1.16 bits per heavy atom. The quantitative estimate of drug-likeness (QED) is 0.397. The van der Waals surface area contributed by atoms with Crippen molar-refractivity contribution >= 4 is 23.4 Å². The summed E-state index contributed by atoms with van der Waals surface area (Å²) in [6, 6.07) is 6.98. The number of aliphatic hydroxyl groups excluding tert-OH is 1. The van der Waals surface area contributed by atoms with Crippen molar-refractivity contribution in [3.63, 3.8) is 0 Å². The summed E-state index contributed by atoms with van der Waals surface area (Å²) in [5.74, 6) is -3.82. The number of hydrogen-bond donors (Lipinski definition) is 3. The number of nitrogens with one attached hydrogen (secondary N) is 1. The molecule has 0 amide bonds. The average molecular weight is 524 g/mol. The van der Waals surface area contributed by atoms with Gasteiger partial charge in [-0.3, -0.25) is 9.59 Å². The predicted octanol–water partition coefficient (Wildman–Crippen LogP) is 3.29. The van der Waals surface area contributed by atoms with E-state index in [-0.39, 0.29) is 12.4 Å². The van der Waals surface area contributed by atoms with Crippen molar-refractivity contribution in [1.82, 2.24) is 0 Å². The lowest BCUT2D eigenvalue weighted by molar-refractivity contribution is -0.207. The number of ketones is 1. The van der Waals surface area contributed by atoms with Crippen molar-refractivity contribution < 1.29 is 34.1 Å². The van der Waals surface area contributed by atoms with E-state index in [2.05, 4.69) is 5.32 Å². The van der Waals surface area contributed by atoms with Gasteiger partial charge in [0, 0.05) is 54.7 Å². The van der Waals surface area contributed by atoms with Gasteiger partial charge in [-0.15, -0.1) is 0 Å². The van der Waals surface area contributed by atoms with Crippen LogP contribution in [0, 0.1) is 35.0 Å². The smallest absolute Gasteiger partial charge is 0.340 e. The molecule has 0 spiro atoms. The molecular formula is C30H37NO7. The molecule has 38 heavy (non-hydrogen) atoms. The van der Waals surface area contributed by atoms with Crippen molar-refractivity contribution in [3.8, 4) is 0 Å². The predicted molar refractivity (Wildman–Crippen MR) is 140 cm³/mol. The van der Waals surface area contributed by atoms with E-state index in [9.17, 15) is 24.6 Å². The molecule has 4 aliphatic carbocycles. The number of aliphatic hydroxyl groups is 2. The molecule has 2 fully saturated rings. The van der Waals surface area contributed by atoms with Gasteiger partial charge in [0.15, 0.2) is 11.4 Å². The highest BCUT2D eigenvalue weighted by atomic mass is 16.6. The second kappa shape index (κ2) is 8.78. The van der Waals surface area contributed by atoms with Gasteiger partial charge < -0.3 is 25.0 Å². The molecule has 3 N–H and O–H groups in total. The van der Waals surface area contributed by atoms with Crippen LogP contribution < -0.4 is 5.32 Å². The summed E-state index contributed by atoms with van der Waals surface area (Å²) in [4.78, 5) is 39.3. The SMILES string of the molecule is CNc1ccccc1C(=O)OC1C(C)C2(O)C3C=C(C)C(=O)C3CC(CO)=CC2C2C(C)(C)C12OC(C)=O. The number of anilines is 1. The van der Waals surface area contributed by atoms with E-state index in [1.165, 1.54) is 6.92 Å². The van der Waals surface area contributed by atoms with Gasteiger partial charge in [0.1, 0.15) is 6.10 Å². The fourth-order valence-electron chi connectivity index (χ4n) is 8.05. The number of allylic oxidation sites excluding steroid dienone is 1. The van der Waals surface area contributed by atoms with Crippen molar-refractivity contribution in [2.24, 2.45) is 35.0 Å². The normalized spacial score (nSPS) is 38.5. The van der Waals surface area contributed by atoms with E-state index in [1.54, 1.807) is 32.2 Å². The molecule has 8 heteroatoms. The number of para-hydroxylation sites is 1. The molecule has 5 rings (SSSR count). The molecule has 0 aromatic heterocycles. The first-order valence-electron chi connectivity index (χ1n) is 13.3. The molecular weight excluding hydrogens is 486 g/mol. The highest BCUT2D eigenvalue weighted by Gasteiger charge is 2.87. The Labute approximate surface area is 223 Å². The Kier molecular flexibility index (Phi) is 6.15. The Balaban J connectivity index is 1.67. The van der Waals surface area contributed by atoms with E-state index in [1.807, 2.05) is 39.0 Å². The number of hydrogen-bond acceptors (Lipinski definition) is 8. The molecule has 2 saturated carbocycles. The Morgan fingerprint density at radius 3 is 2.47 bits per heavy atom. The van der Waals surface area contributed by atoms with Crippen molar-refractivity contribution in [2.45, 2.75) is 58.3 Å². The van der Waals surface area contributed by atoms with Crippen LogP contribution in [0.5, 0.6) is 0 Å². The van der Waals surface area contributed by atoms with Crippen LogP contribution in [0.25, 0.3) is 0 Å². The summed E-state index contributed by atoms with van der Waals surface area (Å²) in [5, 5.41) is 25.9. The summed E-state index contributed by atoms with van der Waals surface area (Å²) >= 11 is 0. The standard InChI is InChI=1S/C30H37NO7/c1-15-11-21-20(24(15)34)12-18(14-32)13-22-25-28(4,5)30(25,38-17(3)33)26(16(2)29(21,22)36)37-27(35)19-9-7-8-10-23(19)31-6/h7-11,13,16,20-22,25-26,31-32,36H,12,14H2,1-6H3. The molecule has 0 bridgehead atoms. The molecule has 8 nitrogen and oxygen atoms in total. The molecule has 0 heterocycles. The fraction of sp³-hybridized carbons (Fsp3) is 0.567. The maximum absolute atomic E-state index is 13.6. The average Bonchev–Trinajstić information content (AvgIpc) is 3.27. The van der Waals surface area contributed by atoms with Gasteiger partial charge in [0.25, 0.3) is 0 Å². The van der Waals surface area contributed by atoms with Gasteiger partial charge in [0.05, 0.1) is 17.8 Å². The number of fused-ring (bicyclic) bond motifs is 5. The Hall–Kier alpha value is -2.97. The van der Waals surface area contributed by atoms with Crippen LogP contribution in [0.2, 0.25) is 0 Å². The number of ether oxygens (including phenoxy) is 2. The first-order chi connectivity index (χ1) is 17.9. The summed E-state index contributed by atoms with van der Waals surface area (Å²) in [5.41, 5.74) is -1.13. The molecule has 8 unspecified atom stereocenters. The van der Waals surface area contributed by atoms with Crippen LogP contribution in [0.3, 0.4) is 0 Å². The number of benzene rings is 1. The lowest BCUT2D eigenvalue weighted by atomic mass is 9.60. The monoisotopic (exact) mass is 523 g/mol. The van der Waals surface area contributed by atoms with Gasteiger partial charge in [-0.25, -0.2) is 4.79 Å². The summed E-state index contributed by atoms with van der Waals surface area (Å²) < 4.78 is 12.3. The van der Waals surface area contributed by atoms with Crippen molar-refractivity contribution in [2.75, 3.05) is 19.0 Å². The van der Waals surface area contributed by atoms with Gasteiger partial charge in [-0.2, -0.15) is 0 Å². The molecule has 4 aliphatic rings. The third kappa shape index (κ3) is 3.39. The van der Waals surface area contributed by atoms with Crippen LogP contribution in [0.4, 0.5) is 5.69 Å². The molecule has 0 aliphatic heterocycles. The fourth-order valence-corrected chi connectivity index (χ4v) is 8.05. The summed E-state index contributed by atoms with van der Waals surface area (Å²) in [6.07, 6.45) is 3.09. The maximum atomic E-state index is 13.6.